The van der Waals surface area contributed by atoms with Crippen LogP contribution in [0.2, 0.25) is 0 Å². The van der Waals surface area contributed by atoms with Crippen LogP contribution in [0.15, 0.2) is 42.7 Å². The lowest BCUT2D eigenvalue weighted by molar-refractivity contribution is 0.107. The Morgan fingerprint density at radius 2 is 2.03 bits per heavy atom. The number of phenolic OH excluding ortho intramolecular Hbond substituents is 1. The Bertz CT molecular complexity index is 1070. The summed E-state index contributed by atoms with van der Waals surface area (Å²) in [7, 11) is 3.75. The highest BCUT2D eigenvalue weighted by atomic mass is 19.1. The Labute approximate surface area is 180 Å². The van der Waals surface area contributed by atoms with Crippen molar-refractivity contribution in [2.45, 2.75) is 50.0 Å². The number of hydrogen-bond donors (Lipinski definition) is 2. The van der Waals surface area contributed by atoms with Crippen molar-refractivity contribution in [3.63, 3.8) is 0 Å². The topological polar surface area (TPSA) is 79.1 Å². The summed E-state index contributed by atoms with van der Waals surface area (Å²) in [5, 5.41) is 26.8. The number of halogens is 1. The number of aromatic hydroxyl groups is 1. The molecule has 4 atom stereocenters. The van der Waals surface area contributed by atoms with Gasteiger partial charge >= 0.3 is 0 Å². The number of alkyl halides is 1. The van der Waals surface area contributed by atoms with Crippen molar-refractivity contribution in [3.05, 3.63) is 42.7 Å². The van der Waals surface area contributed by atoms with Gasteiger partial charge in [-0.25, -0.2) is 4.39 Å². The second-order valence-corrected chi connectivity index (χ2v) is 8.67. The van der Waals surface area contributed by atoms with Crippen LogP contribution in [0, 0.1) is 0 Å². The molecule has 2 N–H and O–H groups in total. The maximum Gasteiger partial charge on any atom is 0.151 e. The summed E-state index contributed by atoms with van der Waals surface area (Å²) < 4.78 is 16.8. The van der Waals surface area contributed by atoms with E-state index in [4.69, 9.17) is 0 Å². The molecule has 2 saturated heterocycles. The Balaban J connectivity index is 1.35. The maximum atomic E-state index is 15.0. The number of nitrogens with zero attached hydrogens (tertiary/aromatic N) is 5. The number of rotatable bonds is 4. The molecule has 2 aliphatic heterocycles. The van der Waals surface area contributed by atoms with Crippen LogP contribution in [0.1, 0.15) is 25.7 Å². The van der Waals surface area contributed by atoms with Gasteiger partial charge in [0.2, 0.25) is 0 Å². The van der Waals surface area contributed by atoms with Crippen LogP contribution in [0.4, 0.5) is 10.2 Å². The average Bonchev–Trinajstić information content (AvgIpc) is 3.22. The van der Waals surface area contributed by atoms with E-state index in [1.54, 1.807) is 16.9 Å². The normalized spacial score (nSPS) is 25.4. The molecule has 2 fully saturated rings. The lowest BCUT2D eigenvalue weighted by Crippen LogP contribution is -2.61. The molecule has 7 nitrogen and oxygen atoms in total. The zero-order chi connectivity index (χ0) is 21.5. The monoisotopic (exact) mass is 422 g/mol. The molecule has 162 valence electrons. The zero-order valence-corrected chi connectivity index (χ0v) is 17.7. The molecule has 4 heterocycles. The molecular formula is C23H27FN6O. The van der Waals surface area contributed by atoms with Gasteiger partial charge in [-0.15, -0.1) is 10.2 Å². The number of hydrogen-bond acceptors (Lipinski definition) is 6. The summed E-state index contributed by atoms with van der Waals surface area (Å²) in [5.41, 5.74) is 2.99. The summed E-state index contributed by atoms with van der Waals surface area (Å²) >= 11 is 0. The van der Waals surface area contributed by atoms with Crippen molar-refractivity contribution >= 4 is 5.82 Å². The summed E-state index contributed by atoms with van der Waals surface area (Å²) in [6.45, 7) is 0. The molecule has 2 aromatic heterocycles. The molecule has 2 unspecified atom stereocenters. The minimum absolute atomic E-state index is 0.0672. The molecule has 5 rings (SSSR count). The van der Waals surface area contributed by atoms with Crippen LogP contribution in [-0.4, -0.2) is 56.4 Å². The van der Waals surface area contributed by atoms with E-state index in [0.29, 0.717) is 23.1 Å². The van der Waals surface area contributed by atoms with Crippen LogP contribution in [0.5, 0.6) is 5.75 Å². The number of anilines is 1. The van der Waals surface area contributed by atoms with E-state index in [1.807, 2.05) is 49.5 Å². The van der Waals surface area contributed by atoms with Gasteiger partial charge in [0.05, 0.1) is 17.9 Å². The first-order valence-corrected chi connectivity index (χ1v) is 10.8. The van der Waals surface area contributed by atoms with E-state index in [9.17, 15) is 5.11 Å². The molecule has 1 aromatic carbocycles. The van der Waals surface area contributed by atoms with Crippen LogP contribution in [-0.2, 0) is 7.05 Å². The zero-order valence-electron chi connectivity index (χ0n) is 17.7. The molecule has 0 radical (unpaired) electrons. The minimum atomic E-state index is -0.924. The van der Waals surface area contributed by atoms with Crippen LogP contribution in [0.25, 0.3) is 22.4 Å². The van der Waals surface area contributed by atoms with Gasteiger partial charge in [-0.2, -0.15) is 5.10 Å². The Kier molecular flexibility index (Phi) is 5.09. The first-order valence-electron chi connectivity index (χ1n) is 10.8. The van der Waals surface area contributed by atoms with E-state index < -0.39 is 6.17 Å². The van der Waals surface area contributed by atoms with Gasteiger partial charge in [-0.1, -0.05) is 12.5 Å². The third-order valence-electron chi connectivity index (χ3n) is 6.62. The fraction of sp³-hybridized carbons (Fsp3) is 0.435. The Hall–Kier alpha value is -3.00. The molecule has 2 bridgehead atoms. The lowest BCUT2D eigenvalue weighted by Gasteiger charge is -2.46. The smallest absolute Gasteiger partial charge is 0.151 e. The van der Waals surface area contributed by atoms with Gasteiger partial charge in [0.15, 0.2) is 5.82 Å². The van der Waals surface area contributed by atoms with E-state index >= 15 is 4.39 Å². The third-order valence-corrected chi connectivity index (χ3v) is 6.62. The summed E-state index contributed by atoms with van der Waals surface area (Å²) in [6.07, 6.45) is 6.59. The van der Waals surface area contributed by atoms with Gasteiger partial charge in [-0.05, 0) is 49.1 Å². The van der Waals surface area contributed by atoms with E-state index in [-0.39, 0.29) is 17.8 Å². The second-order valence-electron chi connectivity index (χ2n) is 8.67. The number of piperidine rings is 2. The average molecular weight is 423 g/mol. The van der Waals surface area contributed by atoms with Crippen molar-refractivity contribution in [1.29, 1.82) is 0 Å². The number of phenols is 1. The van der Waals surface area contributed by atoms with Crippen molar-refractivity contribution in [2.24, 2.45) is 7.05 Å². The van der Waals surface area contributed by atoms with Gasteiger partial charge in [0.25, 0.3) is 0 Å². The van der Waals surface area contributed by atoms with E-state index in [0.717, 1.165) is 36.8 Å². The van der Waals surface area contributed by atoms with E-state index in [1.165, 1.54) is 0 Å². The highest BCUT2D eigenvalue weighted by Crippen LogP contribution is 2.34. The molecule has 2 aliphatic rings. The fourth-order valence-corrected chi connectivity index (χ4v) is 4.88. The number of aryl methyl sites for hydroxylation is 1. The highest BCUT2D eigenvalue weighted by Gasteiger charge is 2.41. The summed E-state index contributed by atoms with van der Waals surface area (Å²) in [6, 6.07) is 9.24. The van der Waals surface area contributed by atoms with Crippen LogP contribution < -0.4 is 10.2 Å². The van der Waals surface area contributed by atoms with Crippen molar-refractivity contribution in [2.75, 3.05) is 11.9 Å². The quantitative estimate of drug-likeness (QED) is 0.672. The molecule has 3 aromatic rings. The lowest BCUT2D eigenvalue weighted by atomic mass is 9.82. The highest BCUT2D eigenvalue weighted by molar-refractivity contribution is 5.73. The predicted molar refractivity (Wildman–Crippen MR) is 118 cm³/mol. The number of aromatic nitrogens is 4. The summed E-state index contributed by atoms with van der Waals surface area (Å²) in [4.78, 5) is 1.92. The van der Waals surface area contributed by atoms with Gasteiger partial charge < -0.3 is 15.3 Å². The molecular weight excluding hydrogens is 395 g/mol. The first kappa shape index (κ1) is 19.9. The predicted octanol–water partition coefficient (Wildman–Crippen LogP) is 3.31. The fourth-order valence-electron chi connectivity index (χ4n) is 4.88. The Morgan fingerprint density at radius 1 is 1.16 bits per heavy atom. The molecule has 31 heavy (non-hydrogen) atoms. The summed E-state index contributed by atoms with van der Waals surface area (Å²) in [5.74, 6) is 0.773. The van der Waals surface area contributed by atoms with Gasteiger partial charge in [-0.3, -0.25) is 4.68 Å². The van der Waals surface area contributed by atoms with Crippen molar-refractivity contribution < 1.29 is 9.50 Å². The van der Waals surface area contributed by atoms with E-state index in [2.05, 4.69) is 20.6 Å². The molecule has 0 saturated carbocycles. The number of fused-ring (bicyclic) bond motifs is 2. The first-order chi connectivity index (χ1) is 15.0. The van der Waals surface area contributed by atoms with Gasteiger partial charge in [0, 0.05) is 43.5 Å². The SMILES string of the molecule is CN(c1ccc(-c2ccc(-c3cnn(C)c3)cc2O)nn1)[C@H]1CC2CCCC(N2)[C@H]1F. The molecule has 0 spiro atoms. The van der Waals surface area contributed by atoms with Crippen LogP contribution >= 0.6 is 0 Å². The number of benzene rings is 1. The molecule has 8 heteroatoms. The van der Waals surface area contributed by atoms with Gasteiger partial charge in [0.1, 0.15) is 11.9 Å². The standard InChI is InChI=1S/C23H27FN6O/c1-29-13-15(12-25-29)14-6-7-17(21(31)10-14)18-8-9-22(28-27-18)30(2)20-11-16-4-3-5-19(26-16)23(20)24/h6-10,12-13,16,19-20,23,26,31H,3-5,11H2,1-2H3/t16?,19?,20-,23+/m0/s1. The minimum Gasteiger partial charge on any atom is -0.507 e. The largest absolute Gasteiger partial charge is 0.507 e. The van der Waals surface area contributed by atoms with Crippen molar-refractivity contribution in [1.82, 2.24) is 25.3 Å². The number of nitrogens with one attached hydrogen (secondary N) is 1. The van der Waals surface area contributed by atoms with Crippen molar-refractivity contribution in [3.8, 4) is 28.1 Å². The third kappa shape index (κ3) is 3.76. The molecule has 0 aliphatic carbocycles. The Morgan fingerprint density at radius 3 is 2.74 bits per heavy atom. The van der Waals surface area contributed by atoms with Crippen LogP contribution in [0.3, 0.4) is 0 Å². The molecule has 0 amide bonds. The maximum absolute atomic E-state index is 15.0. The second kappa shape index (κ2) is 7.92.